The average Bonchev–Trinajstić information content (AvgIpc) is 2.80. The second-order valence-corrected chi connectivity index (χ2v) is 5.05. The molecule has 0 saturated carbocycles. The summed E-state index contributed by atoms with van der Waals surface area (Å²) in [6.45, 7) is 2.70. The molecule has 4 nitrogen and oxygen atoms in total. The zero-order valence-electron chi connectivity index (χ0n) is 12.1. The van der Waals surface area contributed by atoms with Crippen LogP contribution in [-0.4, -0.2) is 9.55 Å². The summed E-state index contributed by atoms with van der Waals surface area (Å²) in [5.41, 5.74) is 4.89. The lowest BCUT2D eigenvalue weighted by Crippen LogP contribution is -2.02. The molecule has 1 N–H and O–H groups in total. The molecule has 21 heavy (non-hydrogen) atoms. The van der Waals surface area contributed by atoms with E-state index in [0.29, 0.717) is 12.2 Å². The Kier molecular flexibility index (Phi) is 3.33. The molecule has 1 aromatic carbocycles. The van der Waals surface area contributed by atoms with Gasteiger partial charge in [-0.05, 0) is 30.7 Å². The number of aromatic nitrogens is 2. The van der Waals surface area contributed by atoms with Crippen LogP contribution in [0.1, 0.15) is 17.0 Å². The minimum Gasteiger partial charge on any atom is -0.379 e. The maximum Gasteiger partial charge on any atom is 0.120 e. The number of benzene rings is 1. The van der Waals surface area contributed by atoms with Gasteiger partial charge in [0.15, 0.2) is 0 Å². The van der Waals surface area contributed by atoms with E-state index < -0.39 is 0 Å². The molecule has 4 heteroatoms. The van der Waals surface area contributed by atoms with E-state index in [9.17, 15) is 0 Å². The zero-order chi connectivity index (χ0) is 14.8. The number of pyridine rings is 1. The highest BCUT2D eigenvalue weighted by Crippen LogP contribution is 2.22. The van der Waals surface area contributed by atoms with Crippen LogP contribution in [-0.2, 0) is 13.6 Å². The van der Waals surface area contributed by atoms with Gasteiger partial charge in [-0.1, -0.05) is 18.2 Å². The van der Waals surface area contributed by atoms with Crippen LogP contribution in [0.3, 0.4) is 0 Å². The number of hydrogen-bond donors (Lipinski definition) is 1. The molecule has 0 atom stereocenters. The van der Waals surface area contributed by atoms with Gasteiger partial charge < -0.3 is 9.88 Å². The molecule has 0 amide bonds. The lowest BCUT2D eigenvalue weighted by molar-refractivity contribution is 0.856. The van der Waals surface area contributed by atoms with Crippen molar-refractivity contribution in [2.45, 2.75) is 13.5 Å². The van der Waals surface area contributed by atoms with E-state index in [-0.39, 0.29) is 0 Å². The van der Waals surface area contributed by atoms with E-state index in [1.54, 1.807) is 6.20 Å². The number of nitrogens with zero attached hydrogens (tertiary/aromatic N) is 3. The Hall–Kier alpha value is -2.80. The lowest BCUT2D eigenvalue weighted by atomic mass is 10.2. The van der Waals surface area contributed by atoms with Crippen LogP contribution in [0.2, 0.25) is 0 Å². The van der Waals surface area contributed by atoms with Gasteiger partial charge in [0.1, 0.15) is 11.8 Å². The van der Waals surface area contributed by atoms with Crippen LogP contribution in [0.15, 0.2) is 42.6 Å². The number of hydrogen-bond acceptors (Lipinski definition) is 3. The maximum absolute atomic E-state index is 9.08. The summed E-state index contributed by atoms with van der Waals surface area (Å²) >= 11 is 0. The summed E-state index contributed by atoms with van der Waals surface area (Å²) in [5, 5.41) is 13.6. The third-order valence-electron chi connectivity index (χ3n) is 3.86. The number of nitrogens with one attached hydrogen (secondary N) is 1. The minimum absolute atomic E-state index is 0.678. The molecule has 3 aromatic rings. The first-order valence-electron chi connectivity index (χ1n) is 6.83. The topological polar surface area (TPSA) is 53.6 Å². The van der Waals surface area contributed by atoms with Crippen molar-refractivity contribution in [2.75, 3.05) is 5.32 Å². The Morgan fingerprint density at radius 2 is 2.10 bits per heavy atom. The highest BCUT2D eigenvalue weighted by molar-refractivity contribution is 5.90. The van der Waals surface area contributed by atoms with E-state index in [1.807, 2.05) is 42.8 Å². The Labute approximate surface area is 123 Å². The van der Waals surface area contributed by atoms with E-state index in [2.05, 4.69) is 28.5 Å². The van der Waals surface area contributed by atoms with Gasteiger partial charge in [-0.2, -0.15) is 5.26 Å². The molecule has 0 radical (unpaired) electrons. The summed E-state index contributed by atoms with van der Waals surface area (Å²) in [6.07, 6.45) is 1.80. The van der Waals surface area contributed by atoms with Crippen LogP contribution >= 0.6 is 0 Å². The van der Waals surface area contributed by atoms with Gasteiger partial charge in [-0.25, -0.2) is 0 Å². The van der Waals surface area contributed by atoms with Crippen LogP contribution in [0, 0.1) is 18.3 Å². The molecule has 0 spiro atoms. The number of fused-ring (bicyclic) bond motifs is 1. The fourth-order valence-electron chi connectivity index (χ4n) is 2.49. The van der Waals surface area contributed by atoms with Crippen LogP contribution < -0.4 is 5.32 Å². The molecule has 2 heterocycles. The van der Waals surface area contributed by atoms with Crippen molar-refractivity contribution < 1.29 is 0 Å². The molecule has 0 bridgehead atoms. The summed E-state index contributed by atoms with van der Waals surface area (Å²) < 4.78 is 1.92. The molecular weight excluding hydrogens is 260 g/mol. The smallest absolute Gasteiger partial charge is 0.120 e. The second-order valence-electron chi connectivity index (χ2n) is 5.05. The first kappa shape index (κ1) is 13.2. The Bertz CT molecular complexity index is 834. The first-order chi connectivity index (χ1) is 10.2. The summed E-state index contributed by atoms with van der Waals surface area (Å²) in [5.74, 6) is 0. The third kappa shape index (κ3) is 2.34. The van der Waals surface area contributed by atoms with Crippen molar-refractivity contribution >= 4 is 16.6 Å². The highest BCUT2D eigenvalue weighted by Gasteiger charge is 2.09. The number of para-hydroxylation sites is 1. The van der Waals surface area contributed by atoms with Gasteiger partial charge in [-0.15, -0.1) is 0 Å². The van der Waals surface area contributed by atoms with Crippen molar-refractivity contribution in [3.05, 3.63) is 59.5 Å². The largest absolute Gasteiger partial charge is 0.379 e. The van der Waals surface area contributed by atoms with Crippen molar-refractivity contribution in [3.63, 3.8) is 0 Å². The van der Waals surface area contributed by atoms with Crippen LogP contribution in [0.4, 0.5) is 5.69 Å². The second kappa shape index (κ2) is 5.29. The minimum atomic E-state index is 0.678. The van der Waals surface area contributed by atoms with E-state index in [1.165, 1.54) is 0 Å². The maximum atomic E-state index is 9.08. The van der Waals surface area contributed by atoms with E-state index >= 15 is 0 Å². The number of rotatable bonds is 3. The molecular formula is C17H16N4. The van der Waals surface area contributed by atoms with E-state index in [0.717, 1.165) is 27.8 Å². The first-order valence-corrected chi connectivity index (χ1v) is 6.83. The molecule has 2 aromatic heterocycles. The highest BCUT2D eigenvalue weighted by atomic mass is 15.0. The molecule has 104 valence electrons. The summed E-state index contributed by atoms with van der Waals surface area (Å²) in [6, 6.07) is 14.2. The summed E-state index contributed by atoms with van der Waals surface area (Å²) in [4.78, 5) is 4.43. The van der Waals surface area contributed by atoms with Crippen molar-refractivity contribution in [1.82, 2.24) is 9.55 Å². The number of nitriles is 1. The molecule has 0 saturated heterocycles. The van der Waals surface area contributed by atoms with Crippen molar-refractivity contribution in [2.24, 2.45) is 7.05 Å². The third-order valence-corrected chi connectivity index (χ3v) is 3.86. The van der Waals surface area contributed by atoms with Crippen LogP contribution in [0.5, 0.6) is 0 Å². The van der Waals surface area contributed by atoms with Crippen molar-refractivity contribution in [3.8, 4) is 6.07 Å². The van der Waals surface area contributed by atoms with Gasteiger partial charge in [0.25, 0.3) is 0 Å². The summed E-state index contributed by atoms with van der Waals surface area (Å²) in [7, 11) is 1.91. The molecule has 0 aliphatic carbocycles. The Balaban J connectivity index is 1.89. The van der Waals surface area contributed by atoms with E-state index in [4.69, 9.17) is 5.26 Å². The van der Waals surface area contributed by atoms with Gasteiger partial charge in [-0.3, -0.25) is 4.98 Å². The zero-order valence-corrected chi connectivity index (χ0v) is 12.1. The standard InChI is InChI=1S/C17H16N4/c1-12-14(9-15(10-18)21(12)2)11-20-16-7-3-5-13-6-4-8-19-17(13)16/h3-9,20H,11H2,1-2H3. The molecule has 3 rings (SSSR count). The Morgan fingerprint density at radius 3 is 2.86 bits per heavy atom. The molecule has 0 unspecified atom stereocenters. The monoisotopic (exact) mass is 276 g/mol. The predicted molar refractivity (Wildman–Crippen MR) is 83.9 cm³/mol. The molecule has 0 fully saturated rings. The molecule has 0 aliphatic heterocycles. The SMILES string of the molecule is Cc1c(CNc2cccc3cccnc23)cc(C#N)n1C. The quantitative estimate of drug-likeness (QED) is 0.798. The fourth-order valence-corrected chi connectivity index (χ4v) is 2.49. The molecule has 0 aliphatic rings. The van der Waals surface area contributed by atoms with Gasteiger partial charge >= 0.3 is 0 Å². The van der Waals surface area contributed by atoms with Crippen molar-refractivity contribution in [1.29, 1.82) is 5.26 Å². The van der Waals surface area contributed by atoms with Gasteiger partial charge in [0.2, 0.25) is 0 Å². The van der Waals surface area contributed by atoms with Gasteiger partial charge in [0, 0.05) is 30.9 Å². The van der Waals surface area contributed by atoms with Crippen LogP contribution in [0.25, 0.3) is 10.9 Å². The van der Waals surface area contributed by atoms with Gasteiger partial charge in [0.05, 0.1) is 11.2 Å². The normalized spacial score (nSPS) is 10.5. The fraction of sp³-hybridized carbons (Fsp3) is 0.176. The number of anilines is 1. The lowest BCUT2D eigenvalue weighted by Gasteiger charge is -2.09. The predicted octanol–water partition coefficient (Wildman–Crippen LogP) is 3.37. The average molecular weight is 276 g/mol. The Morgan fingerprint density at radius 1 is 1.29 bits per heavy atom.